The van der Waals surface area contributed by atoms with Crippen molar-refractivity contribution in [3.05, 3.63) is 47.9 Å². The van der Waals surface area contributed by atoms with Gasteiger partial charge in [-0.3, -0.25) is 0 Å². The summed E-state index contributed by atoms with van der Waals surface area (Å²) in [6, 6.07) is 3.95. The van der Waals surface area contributed by atoms with Gasteiger partial charge in [-0.05, 0) is 18.2 Å². The Morgan fingerprint density at radius 1 is 1.56 bits per heavy atom. The van der Waals surface area contributed by atoms with Crippen molar-refractivity contribution in [2.45, 2.75) is 6.54 Å². The number of oxazole rings is 1. The highest BCUT2D eigenvalue weighted by atomic mass is 19.1. The lowest BCUT2D eigenvalue weighted by molar-refractivity contribution is 0.0600. The van der Waals surface area contributed by atoms with E-state index < -0.39 is 11.8 Å². The van der Waals surface area contributed by atoms with Gasteiger partial charge in [0, 0.05) is 0 Å². The number of halogens is 1. The second-order valence-corrected chi connectivity index (χ2v) is 3.51. The minimum Gasteiger partial charge on any atom is -0.465 e. The Morgan fingerprint density at radius 3 is 3.06 bits per heavy atom. The number of nitrogens with zero attached hydrogens (tertiary/aromatic N) is 1. The third-order valence-corrected chi connectivity index (χ3v) is 2.32. The Balaban J connectivity index is 2.13. The fraction of sp³-hybridized carbons (Fsp3) is 0.167. The van der Waals surface area contributed by atoms with Crippen molar-refractivity contribution in [1.29, 1.82) is 0 Å². The number of benzene rings is 1. The van der Waals surface area contributed by atoms with Gasteiger partial charge >= 0.3 is 5.97 Å². The number of hydrogen-bond donors (Lipinski definition) is 1. The molecular formula is C12H11FN2O3. The lowest BCUT2D eigenvalue weighted by Crippen LogP contribution is -2.05. The van der Waals surface area contributed by atoms with Gasteiger partial charge in [0.05, 0.1) is 31.1 Å². The van der Waals surface area contributed by atoms with Gasteiger partial charge in [-0.1, -0.05) is 0 Å². The molecule has 6 heteroatoms. The molecule has 0 radical (unpaired) electrons. The van der Waals surface area contributed by atoms with Crippen molar-refractivity contribution in [3.63, 3.8) is 0 Å². The lowest BCUT2D eigenvalue weighted by Gasteiger charge is -2.07. The van der Waals surface area contributed by atoms with Crippen LogP contribution in [-0.2, 0) is 11.3 Å². The Kier molecular flexibility index (Phi) is 3.57. The van der Waals surface area contributed by atoms with Gasteiger partial charge in [-0.25, -0.2) is 14.2 Å². The molecule has 0 saturated heterocycles. The van der Waals surface area contributed by atoms with Gasteiger partial charge < -0.3 is 14.5 Å². The number of carbonyl (C=O) groups is 1. The zero-order valence-electron chi connectivity index (χ0n) is 9.64. The number of hydrogen-bond acceptors (Lipinski definition) is 5. The maximum absolute atomic E-state index is 13.5. The first-order valence-corrected chi connectivity index (χ1v) is 5.20. The van der Waals surface area contributed by atoms with Gasteiger partial charge in [-0.15, -0.1) is 0 Å². The Bertz CT molecular complexity index is 540. The zero-order chi connectivity index (χ0) is 13.0. The highest BCUT2D eigenvalue weighted by Gasteiger charge is 2.10. The summed E-state index contributed by atoms with van der Waals surface area (Å²) in [6.07, 6.45) is 2.81. The van der Waals surface area contributed by atoms with E-state index in [1.54, 1.807) is 0 Å². The van der Waals surface area contributed by atoms with E-state index in [4.69, 9.17) is 4.42 Å². The monoisotopic (exact) mass is 250 g/mol. The molecule has 0 saturated carbocycles. The molecule has 0 atom stereocenters. The molecule has 0 amide bonds. The lowest BCUT2D eigenvalue weighted by atomic mass is 10.2. The van der Waals surface area contributed by atoms with E-state index >= 15 is 0 Å². The molecule has 1 N–H and O–H groups in total. The number of methoxy groups -OCH3 is 1. The summed E-state index contributed by atoms with van der Waals surface area (Å²) < 4.78 is 23.1. The maximum Gasteiger partial charge on any atom is 0.337 e. The van der Waals surface area contributed by atoms with Crippen LogP contribution in [0.4, 0.5) is 10.1 Å². The van der Waals surface area contributed by atoms with Crippen molar-refractivity contribution in [2.24, 2.45) is 0 Å². The minimum absolute atomic E-state index is 0.203. The van der Waals surface area contributed by atoms with E-state index in [0.29, 0.717) is 5.76 Å². The van der Waals surface area contributed by atoms with Crippen LogP contribution in [0, 0.1) is 5.82 Å². The number of aromatic nitrogens is 1. The average molecular weight is 250 g/mol. The molecule has 94 valence electrons. The molecule has 1 heterocycles. The summed E-state index contributed by atoms with van der Waals surface area (Å²) in [7, 11) is 1.27. The molecule has 0 bridgehead atoms. The predicted octanol–water partition coefficient (Wildman–Crippen LogP) is 2.21. The Labute approximate surface area is 103 Å². The highest BCUT2D eigenvalue weighted by Crippen LogP contribution is 2.17. The number of anilines is 1. The summed E-state index contributed by atoms with van der Waals surface area (Å²) in [5.41, 5.74) is 0.480. The number of ether oxygens (including phenoxy) is 1. The van der Waals surface area contributed by atoms with Gasteiger partial charge in [0.15, 0.2) is 6.39 Å². The average Bonchev–Trinajstić information content (AvgIpc) is 2.90. The summed E-state index contributed by atoms with van der Waals surface area (Å²) in [5.74, 6) is -0.405. The standard InChI is InChI=1S/C12H11FN2O3/c1-17-12(16)8-2-3-10(13)11(4-8)15-6-9-5-14-7-18-9/h2-5,7,15H,6H2,1H3. The van der Waals surface area contributed by atoms with Gasteiger partial charge in [0.2, 0.25) is 0 Å². The number of carbonyl (C=O) groups excluding carboxylic acids is 1. The molecule has 5 nitrogen and oxygen atoms in total. The molecule has 0 unspecified atom stereocenters. The van der Waals surface area contributed by atoms with Crippen LogP contribution in [0.3, 0.4) is 0 Å². The second kappa shape index (κ2) is 5.31. The summed E-state index contributed by atoms with van der Waals surface area (Å²) >= 11 is 0. The molecule has 0 spiro atoms. The van der Waals surface area contributed by atoms with Gasteiger partial charge in [0.25, 0.3) is 0 Å². The van der Waals surface area contributed by atoms with Crippen LogP contribution < -0.4 is 5.32 Å². The smallest absolute Gasteiger partial charge is 0.337 e. The molecular weight excluding hydrogens is 239 g/mol. The fourth-order valence-electron chi connectivity index (χ4n) is 1.42. The maximum atomic E-state index is 13.5. The molecule has 0 aliphatic heterocycles. The van der Waals surface area contributed by atoms with Crippen molar-refractivity contribution in [2.75, 3.05) is 12.4 Å². The zero-order valence-corrected chi connectivity index (χ0v) is 9.64. The van der Waals surface area contributed by atoms with Crippen LogP contribution in [0.25, 0.3) is 0 Å². The van der Waals surface area contributed by atoms with Crippen molar-refractivity contribution in [3.8, 4) is 0 Å². The van der Waals surface area contributed by atoms with Crippen molar-refractivity contribution < 1.29 is 18.3 Å². The number of nitrogens with one attached hydrogen (secondary N) is 1. The predicted molar refractivity (Wildman–Crippen MR) is 61.6 cm³/mol. The molecule has 1 aromatic carbocycles. The molecule has 18 heavy (non-hydrogen) atoms. The highest BCUT2D eigenvalue weighted by molar-refractivity contribution is 5.90. The molecule has 1 aromatic heterocycles. The van der Waals surface area contributed by atoms with Crippen LogP contribution in [0.5, 0.6) is 0 Å². The Hall–Kier alpha value is -2.37. The first-order valence-electron chi connectivity index (χ1n) is 5.20. The first kappa shape index (κ1) is 12.1. The molecule has 2 aromatic rings. The van der Waals surface area contributed by atoms with Crippen LogP contribution in [0.2, 0.25) is 0 Å². The largest absolute Gasteiger partial charge is 0.465 e. The normalized spacial score (nSPS) is 10.1. The first-order chi connectivity index (χ1) is 8.70. The number of rotatable bonds is 4. The van der Waals surface area contributed by atoms with Crippen LogP contribution in [0.15, 0.2) is 35.2 Å². The van der Waals surface area contributed by atoms with Crippen LogP contribution >= 0.6 is 0 Å². The third-order valence-electron chi connectivity index (χ3n) is 2.32. The van der Waals surface area contributed by atoms with Crippen LogP contribution in [0.1, 0.15) is 16.1 Å². The Morgan fingerprint density at radius 2 is 2.39 bits per heavy atom. The van der Waals surface area contributed by atoms with E-state index in [1.807, 2.05) is 0 Å². The number of esters is 1. The fourth-order valence-corrected chi connectivity index (χ4v) is 1.42. The third kappa shape index (κ3) is 2.65. The molecule has 0 fully saturated rings. The molecule has 0 aliphatic rings. The molecule has 0 aliphatic carbocycles. The minimum atomic E-state index is -0.516. The van der Waals surface area contributed by atoms with E-state index in [1.165, 1.54) is 37.9 Å². The van der Waals surface area contributed by atoms with Crippen LogP contribution in [-0.4, -0.2) is 18.1 Å². The SMILES string of the molecule is COC(=O)c1ccc(F)c(NCc2cnco2)c1. The van der Waals surface area contributed by atoms with Gasteiger partial charge in [-0.2, -0.15) is 0 Å². The summed E-state index contributed by atoms with van der Waals surface area (Å²) in [4.78, 5) is 15.1. The summed E-state index contributed by atoms with van der Waals surface area (Å²) in [5, 5.41) is 2.82. The van der Waals surface area contributed by atoms with E-state index in [9.17, 15) is 9.18 Å². The quantitative estimate of drug-likeness (QED) is 0.843. The summed E-state index contributed by atoms with van der Waals surface area (Å²) in [6.45, 7) is 0.279. The van der Waals surface area contributed by atoms with E-state index in [-0.39, 0.29) is 17.8 Å². The van der Waals surface area contributed by atoms with E-state index in [2.05, 4.69) is 15.0 Å². The second-order valence-electron chi connectivity index (χ2n) is 3.51. The van der Waals surface area contributed by atoms with E-state index in [0.717, 1.165) is 0 Å². The van der Waals surface area contributed by atoms with Crippen molar-refractivity contribution >= 4 is 11.7 Å². The van der Waals surface area contributed by atoms with Gasteiger partial charge in [0.1, 0.15) is 11.6 Å². The molecule has 2 rings (SSSR count). The topological polar surface area (TPSA) is 64.4 Å². The van der Waals surface area contributed by atoms with Crippen molar-refractivity contribution in [1.82, 2.24) is 4.98 Å².